The van der Waals surface area contributed by atoms with Crippen molar-refractivity contribution in [3.8, 4) is 17.3 Å². The maximum atomic E-state index is 13.5. The first-order chi connectivity index (χ1) is 18.9. The van der Waals surface area contributed by atoms with E-state index in [1.54, 1.807) is 60.7 Å². The lowest BCUT2D eigenvalue weighted by Crippen LogP contribution is -2.27. The van der Waals surface area contributed by atoms with Crippen LogP contribution < -0.4 is 5.56 Å². The number of hydrogen-bond acceptors (Lipinski definition) is 7. The van der Waals surface area contributed by atoms with Crippen molar-refractivity contribution in [1.82, 2.24) is 14.0 Å². The van der Waals surface area contributed by atoms with Gasteiger partial charge in [-0.05, 0) is 73.8 Å². The van der Waals surface area contributed by atoms with Crippen LogP contribution in [0.5, 0.6) is 5.88 Å². The number of aromatic nitrogens is 2. The van der Waals surface area contributed by atoms with Crippen molar-refractivity contribution < 1.29 is 14.6 Å². The molecule has 0 atom stereocenters. The summed E-state index contributed by atoms with van der Waals surface area (Å²) in [5.74, 6) is -0.730. The number of para-hydroxylation sites is 2. The zero-order valence-corrected chi connectivity index (χ0v) is 22.7. The maximum absolute atomic E-state index is 13.5. The molecule has 0 aliphatic rings. The van der Waals surface area contributed by atoms with E-state index < -0.39 is 11.5 Å². The van der Waals surface area contributed by atoms with Gasteiger partial charge in [-0.25, -0.2) is 4.79 Å². The minimum absolute atomic E-state index is 0.0313. The Labute approximate surface area is 232 Å². The van der Waals surface area contributed by atoms with E-state index in [1.165, 1.54) is 15.3 Å². The molecule has 4 aromatic rings. The molecule has 1 heterocycles. The van der Waals surface area contributed by atoms with Crippen LogP contribution in [0.2, 0.25) is 0 Å². The molecule has 0 aliphatic carbocycles. The number of carbonyl (C=O) groups excluding carboxylic acids is 1. The molecule has 0 bridgehead atoms. The molecule has 0 unspecified atom stereocenters. The van der Waals surface area contributed by atoms with Crippen LogP contribution in [-0.2, 0) is 4.74 Å². The summed E-state index contributed by atoms with van der Waals surface area (Å²) in [6.07, 6.45) is 1.31. The second-order valence-corrected chi connectivity index (χ2v) is 9.00. The minimum atomic E-state index is -0.506. The van der Waals surface area contributed by atoms with Gasteiger partial charge in [0, 0.05) is 12.8 Å². The van der Waals surface area contributed by atoms with Gasteiger partial charge in [0.25, 0.3) is 5.56 Å². The summed E-state index contributed by atoms with van der Waals surface area (Å²) in [5, 5.41) is 11.2. The molecule has 9 heteroatoms. The molecule has 0 saturated carbocycles. The van der Waals surface area contributed by atoms with Crippen molar-refractivity contribution >= 4 is 30.1 Å². The van der Waals surface area contributed by atoms with E-state index in [1.807, 2.05) is 24.3 Å². The SMILES string of the molecule is CCN(CC)CCOC(=O)c1ccc(N=Cc2c(O)n(-c3ccccc3)c(=S)n(-c3ccccc3)c2=O)cc1. The third kappa shape index (κ3) is 6.39. The highest BCUT2D eigenvalue weighted by Crippen LogP contribution is 2.22. The number of aromatic hydroxyl groups is 1. The summed E-state index contributed by atoms with van der Waals surface area (Å²) in [5.41, 5.74) is 1.52. The lowest BCUT2D eigenvalue weighted by atomic mass is 10.2. The Kier molecular flexibility index (Phi) is 9.19. The predicted octanol–water partition coefficient (Wildman–Crippen LogP) is 5.31. The summed E-state index contributed by atoms with van der Waals surface area (Å²) in [7, 11) is 0. The van der Waals surface area contributed by atoms with E-state index in [-0.39, 0.29) is 16.2 Å². The number of nitrogens with zero attached hydrogens (tertiary/aromatic N) is 4. The minimum Gasteiger partial charge on any atom is -0.494 e. The molecule has 39 heavy (non-hydrogen) atoms. The lowest BCUT2D eigenvalue weighted by molar-refractivity contribution is 0.0466. The first-order valence-corrected chi connectivity index (χ1v) is 13.1. The summed E-state index contributed by atoms with van der Waals surface area (Å²) >= 11 is 5.64. The molecule has 4 rings (SSSR count). The van der Waals surface area contributed by atoms with Gasteiger partial charge in [0.2, 0.25) is 5.88 Å². The van der Waals surface area contributed by atoms with Crippen molar-refractivity contribution in [3.05, 3.63) is 111 Å². The van der Waals surface area contributed by atoms with Crippen LogP contribution in [0.25, 0.3) is 11.4 Å². The van der Waals surface area contributed by atoms with Crippen molar-refractivity contribution in [3.63, 3.8) is 0 Å². The molecule has 200 valence electrons. The van der Waals surface area contributed by atoms with E-state index in [0.717, 1.165) is 13.1 Å². The number of rotatable bonds is 10. The van der Waals surface area contributed by atoms with Crippen LogP contribution in [0, 0.1) is 4.77 Å². The van der Waals surface area contributed by atoms with Gasteiger partial charge in [-0.2, -0.15) is 0 Å². The quantitative estimate of drug-likeness (QED) is 0.166. The molecule has 1 aromatic heterocycles. The topological polar surface area (TPSA) is 89.1 Å². The van der Waals surface area contributed by atoms with Gasteiger partial charge in [-0.15, -0.1) is 0 Å². The van der Waals surface area contributed by atoms with Gasteiger partial charge in [-0.1, -0.05) is 50.2 Å². The van der Waals surface area contributed by atoms with Crippen molar-refractivity contribution in [2.45, 2.75) is 13.8 Å². The normalized spacial score (nSPS) is 11.3. The number of aliphatic imine (C=N–C) groups is 1. The fraction of sp³-hybridized carbons (Fsp3) is 0.200. The van der Waals surface area contributed by atoms with Gasteiger partial charge in [0.1, 0.15) is 12.2 Å². The average Bonchev–Trinajstić information content (AvgIpc) is 2.96. The van der Waals surface area contributed by atoms with Crippen LogP contribution in [0.1, 0.15) is 29.8 Å². The average molecular weight is 543 g/mol. The fourth-order valence-corrected chi connectivity index (χ4v) is 4.43. The van der Waals surface area contributed by atoms with Crippen LogP contribution >= 0.6 is 12.2 Å². The second-order valence-electron chi connectivity index (χ2n) is 8.63. The fourth-order valence-electron chi connectivity index (χ4n) is 4.05. The molecule has 0 radical (unpaired) electrons. The Morgan fingerprint density at radius 1 is 0.923 bits per heavy atom. The molecular weight excluding hydrogens is 512 g/mol. The highest BCUT2D eigenvalue weighted by atomic mass is 32.1. The monoisotopic (exact) mass is 542 g/mol. The number of ether oxygens (including phenoxy) is 1. The van der Waals surface area contributed by atoms with E-state index in [9.17, 15) is 14.7 Å². The van der Waals surface area contributed by atoms with Gasteiger partial charge >= 0.3 is 5.97 Å². The zero-order chi connectivity index (χ0) is 27.8. The molecule has 0 fully saturated rings. The highest BCUT2D eigenvalue weighted by Gasteiger charge is 2.18. The van der Waals surface area contributed by atoms with Gasteiger partial charge in [-0.3, -0.25) is 18.9 Å². The molecule has 0 saturated heterocycles. The number of esters is 1. The smallest absolute Gasteiger partial charge is 0.338 e. The number of carbonyl (C=O) groups is 1. The van der Waals surface area contributed by atoms with Gasteiger partial charge < -0.3 is 14.7 Å². The van der Waals surface area contributed by atoms with Crippen LogP contribution in [0.3, 0.4) is 0 Å². The largest absolute Gasteiger partial charge is 0.494 e. The van der Waals surface area contributed by atoms with E-state index in [2.05, 4.69) is 23.7 Å². The predicted molar refractivity (Wildman–Crippen MR) is 156 cm³/mol. The molecule has 0 aliphatic heterocycles. The highest BCUT2D eigenvalue weighted by molar-refractivity contribution is 7.71. The molecular formula is C30H30N4O4S. The second kappa shape index (κ2) is 12.9. The lowest BCUT2D eigenvalue weighted by Gasteiger charge is -2.17. The van der Waals surface area contributed by atoms with E-state index in [4.69, 9.17) is 17.0 Å². The summed E-state index contributed by atoms with van der Waals surface area (Å²) in [4.78, 5) is 32.5. The molecule has 3 aromatic carbocycles. The Morgan fingerprint density at radius 3 is 2.05 bits per heavy atom. The maximum Gasteiger partial charge on any atom is 0.338 e. The zero-order valence-electron chi connectivity index (χ0n) is 21.9. The summed E-state index contributed by atoms with van der Waals surface area (Å²) in [6.45, 7) is 6.91. The van der Waals surface area contributed by atoms with Gasteiger partial charge in [0.05, 0.1) is 22.6 Å². The molecule has 0 amide bonds. The van der Waals surface area contributed by atoms with Gasteiger partial charge in [0.15, 0.2) is 4.77 Å². The van der Waals surface area contributed by atoms with Crippen molar-refractivity contribution in [2.24, 2.45) is 4.99 Å². The first kappa shape index (κ1) is 27.7. The Hall–Kier alpha value is -4.34. The van der Waals surface area contributed by atoms with Crippen LogP contribution in [0.15, 0.2) is 94.7 Å². The van der Waals surface area contributed by atoms with Crippen molar-refractivity contribution in [2.75, 3.05) is 26.2 Å². The first-order valence-electron chi connectivity index (χ1n) is 12.7. The molecule has 1 N–H and O–H groups in total. The third-order valence-electron chi connectivity index (χ3n) is 6.28. The Bertz CT molecular complexity index is 1560. The van der Waals surface area contributed by atoms with E-state index >= 15 is 0 Å². The molecule has 8 nitrogen and oxygen atoms in total. The third-order valence-corrected chi connectivity index (χ3v) is 6.64. The van der Waals surface area contributed by atoms with E-state index in [0.29, 0.717) is 35.8 Å². The number of hydrogen-bond donors (Lipinski definition) is 1. The molecule has 0 spiro atoms. The van der Waals surface area contributed by atoms with Crippen LogP contribution in [0.4, 0.5) is 5.69 Å². The Morgan fingerprint density at radius 2 is 1.49 bits per heavy atom. The summed E-state index contributed by atoms with van der Waals surface area (Å²) < 4.78 is 8.29. The van der Waals surface area contributed by atoms with Crippen molar-refractivity contribution in [1.29, 1.82) is 0 Å². The number of benzene rings is 3. The summed E-state index contributed by atoms with van der Waals surface area (Å²) in [6, 6.07) is 24.6. The standard InChI is InChI=1S/C30H30N4O4S/c1-3-32(4-2)19-20-38-29(37)22-15-17-23(18-16-22)31-21-26-27(35)33(24-11-7-5-8-12-24)30(39)34(28(26)36)25-13-9-6-10-14-25/h5-18,21,35H,3-4,19-20H2,1-2H3. The Balaban J connectivity index is 1.65. The van der Waals surface area contributed by atoms with Crippen LogP contribution in [-0.4, -0.2) is 57.6 Å². The number of likely N-dealkylation sites (N-methyl/N-ethyl adjacent to an activating group) is 1.